The number of nitrogens with one attached hydrogen (secondary N) is 2. The number of nitrogens with zero attached hydrogens (tertiary/aromatic N) is 1. The van der Waals surface area contributed by atoms with Crippen molar-refractivity contribution in [3.05, 3.63) is 16.8 Å². The van der Waals surface area contributed by atoms with Gasteiger partial charge in [-0.15, -0.1) is 0 Å². The van der Waals surface area contributed by atoms with Crippen molar-refractivity contribution in [1.29, 1.82) is 0 Å². The minimum absolute atomic E-state index is 0.296. The van der Waals surface area contributed by atoms with Crippen LogP contribution in [-0.2, 0) is 0 Å². The molecular formula is C16H27N3OS. The average Bonchev–Trinajstić information content (AvgIpc) is 2.39. The lowest BCUT2D eigenvalue weighted by Gasteiger charge is -2.18. The Morgan fingerprint density at radius 3 is 2.48 bits per heavy atom. The number of aryl methyl sites for hydroxylation is 1. The van der Waals surface area contributed by atoms with Gasteiger partial charge in [-0.3, -0.25) is 0 Å². The summed E-state index contributed by atoms with van der Waals surface area (Å²) >= 11 is 5.28. The fraction of sp³-hybridized carbons (Fsp3) is 0.625. The molecule has 0 saturated carbocycles. The van der Waals surface area contributed by atoms with Crippen molar-refractivity contribution in [2.75, 3.05) is 11.9 Å². The van der Waals surface area contributed by atoms with Crippen LogP contribution in [0.1, 0.15) is 50.4 Å². The number of anilines is 1. The van der Waals surface area contributed by atoms with Crippen LogP contribution in [0.15, 0.2) is 0 Å². The molecule has 0 aliphatic rings. The summed E-state index contributed by atoms with van der Waals surface area (Å²) in [4.78, 5) is 4.60. The summed E-state index contributed by atoms with van der Waals surface area (Å²) in [5.74, 6) is 1.69. The Morgan fingerprint density at radius 2 is 1.90 bits per heavy atom. The lowest BCUT2D eigenvalue weighted by molar-refractivity contribution is 0.303. The average molecular weight is 309 g/mol. The lowest BCUT2D eigenvalue weighted by Crippen LogP contribution is -2.34. The van der Waals surface area contributed by atoms with Gasteiger partial charge in [-0.2, -0.15) is 0 Å². The molecule has 118 valence electrons. The Labute approximate surface area is 133 Å². The maximum Gasteiger partial charge on any atom is 0.172 e. The van der Waals surface area contributed by atoms with Crippen LogP contribution in [0, 0.1) is 20.8 Å². The minimum atomic E-state index is 0.296. The molecule has 0 atom stereocenters. The third-order valence-corrected chi connectivity index (χ3v) is 3.48. The van der Waals surface area contributed by atoms with Gasteiger partial charge < -0.3 is 15.4 Å². The molecule has 0 saturated heterocycles. The van der Waals surface area contributed by atoms with Gasteiger partial charge in [0.25, 0.3) is 0 Å². The number of hydrogen-bond donors (Lipinski definition) is 2. The van der Waals surface area contributed by atoms with Gasteiger partial charge in [-0.1, -0.05) is 13.3 Å². The molecule has 1 aromatic heterocycles. The Hall–Kier alpha value is -1.36. The highest BCUT2D eigenvalue weighted by atomic mass is 32.1. The second-order valence-corrected chi connectivity index (χ2v) is 5.99. The van der Waals surface area contributed by atoms with Crippen LogP contribution in [0.2, 0.25) is 0 Å². The summed E-state index contributed by atoms with van der Waals surface area (Å²) < 4.78 is 5.87. The Morgan fingerprint density at radius 1 is 1.24 bits per heavy atom. The van der Waals surface area contributed by atoms with E-state index in [4.69, 9.17) is 17.0 Å². The molecule has 4 nitrogen and oxygen atoms in total. The van der Waals surface area contributed by atoms with Gasteiger partial charge in [0.05, 0.1) is 12.3 Å². The fourth-order valence-corrected chi connectivity index (χ4v) is 2.31. The zero-order valence-corrected chi connectivity index (χ0v) is 14.8. The third-order valence-electron chi connectivity index (χ3n) is 3.26. The first kappa shape index (κ1) is 17.7. The lowest BCUT2D eigenvalue weighted by atomic mass is 10.1. The van der Waals surface area contributed by atoms with Crippen molar-refractivity contribution in [3.63, 3.8) is 0 Å². The van der Waals surface area contributed by atoms with E-state index in [2.05, 4.69) is 43.3 Å². The standard InChI is InChI=1S/C16H27N3OS/c1-7-8-9-20-14-11(4)12(5)15(18-13(14)6)19-16(21)17-10(2)3/h10H,7-9H2,1-6H3,(H2,17,18,19,21). The van der Waals surface area contributed by atoms with Crippen LogP contribution in [0.25, 0.3) is 0 Å². The zero-order valence-electron chi connectivity index (χ0n) is 14.0. The van der Waals surface area contributed by atoms with E-state index < -0.39 is 0 Å². The number of thiocarbonyl (C=S) groups is 1. The summed E-state index contributed by atoms with van der Waals surface area (Å²) in [6, 6.07) is 0.296. The third kappa shape index (κ3) is 5.16. The van der Waals surface area contributed by atoms with Crippen molar-refractivity contribution in [2.24, 2.45) is 0 Å². The number of unbranched alkanes of at least 4 members (excludes halogenated alkanes) is 1. The van der Waals surface area contributed by atoms with Gasteiger partial charge in [-0.25, -0.2) is 4.98 Å². The van der Waals surface area contributed by atoms with Gasteiger partial charge in [0.1, 0.15) is 11.6 Å². The molecule has 0 aliphatic carbocycles. The molecule has 5 heteroatoms. The predicted octanol–water partition coefficient (Wildman–Crippen LogP) is 3.88. The largest absolute Gasteiger partial charge is 0.491 e. The summed E-state index contributed by atoms with van der Waals surface area (Å²) in [7, 11) is 0. The molecule has 0 amide bonds. The van der Waals surface area contributed by atoms with E-state index in [0.29, 0.717) is 11.2 Å². The van der Waals surface area contributed by atoms with E-state index >= 15 is 0 Å². The van der Waals surface area contributed by atoms with Gasteiger partial charge in [0.2, 0.25) is 0 Å². The number of rotatable bonds is 6. The van der Waals surface area contributed by atoms with Crippen LogP contribution in [0.3, 0.4) is 0 Å². The smallest absolute Gasteiger partial charge is 0.172 e. The van der Waals surface area contributed by atoms with Gasteiger partial charge in [-0.05, 0) is 64.4 Å². The molecule has 1 heterocycles. The van der Waals surface area contributed by atoms with Crippen LogP contribution >= 0.6 is 12.2 Å². The maximum atomic E-state index is 5.87. The molecule has 0 aliphatic heterocycles. The van der Waals surface area contributed by atoms with Crippen molar-refractivity contribution in [2.45, 2.75) is 60.4 Å². The van der Waals surface area contributed by atoms with Gasteiger partial charge in [0, 0.05) is 6.04 Å². The topological polar surface area (TPSA) is 46.2 Å². The van der Waals surface area contributed by atoms with Crippen molar-refractivity contribution in [3.8, 4) is 5.75 Å². The van der Waals surface area contributed by atoms with Gasteiger partial charge >= 0.3 is 0 Å². The summed E-state index contributed by atoms with van der Waals surface area (Å²) in [5, 5.41) is 6.93. The molecule has 0 spiro atoms. The molecule has 21 heavy (non-hydrogen) atoms. The van der Waals surface area contributed by atoms with E-state index in [1.165, 1.54) is 0 Å². The highest BCUT2D eigenvalue weighted by molar-refractivity contribution is 7.80. The molecule has 0 fully saturated rings. The molecule has 1 aromatic rings. The first-order valence-electron chi connectivity index (χ1n) is 7.54. The fourth-order valence-electron chi connectivity index (χ4n) is 1.98. The molecule has 1 rings (SSSR count). The van der Waals surface area contributed by atoms with Crippen LogP contribution in [-0.4, -0.2) is 22.7 Å². The number of aromatic nitrogens is 1. The second kappa shape index (κ2) is 8.17. The summed E-state index contributed by atoms with van der Waals surface area (Å²) in [5.41, 5.74) is 3.08. The van der Waals surface area contributed by atoms with Crippen molar-refractivity contribution >= 4 is 23.1 Å². The first-order valence-corrected chi connectivity index (χ1v) is 7.95. The van der Waals surface area contributed by atoms with E-state index in [9.17, 15) is 0 Å². The summed E-state index contributed by atoms with van der Waals surface area (Å²) in [6.45, 7) is 13.1. The van der Waals surface area contributed by atoms with Crippen LogP contribution in [0.4, 0.5) is 5.82 Å². The maximum absolute atomic E-state index is 5.87. The second-order valence-electron chi connectivity index (χ2n) is 5.58. The molecule has 0 aromatic carbocycles. The van der Waals surface area contributed by atoms with E-state index in [1.54, 1.807) is 0 Å². The quantitative estimate of drug-likeness (QED) is 0.617. The number of ether oxygens (including phenoxy) is 1. The molecule has 2 N–H and O–H groups in total. The SMILES string of the molecule is CCCCOc1c(C)nc(NC(=S)NC(C)C)c(C)c1C. The summed E-state index contributed by atoms with van der Waals surface area (Å²) in [6.07, 6.45) is 2.18. The number of pyridine rings is 1. The first-order chi connectivity index (χ1) is 9.86. The van der Waals surface area contributed by atoms with Gasteiger partial charge in [0.15, 0.2) is 5.11 Å². The Bertz CT molecular complexity index is 501. The molecular weight excluding hydrogens is 282 g/mol. The Kier molecular flexibility index (Phi) is 6.89. The van der Waals surface area contributed by atoms with Crippen LogP contribution in [0.5, 0.6) is 5.75 Å². The monoisotopic (exact) mass is 309 g/mol. The molecule has 0 bridgehead atoms. The Balaban J connectivity index is 2.91. The van der Waals surface area contributed by atoms with E-state index in [-0.39, 0.29) is 0 Å². The minimum Gasteiger partial charge on any atom is -0.491 e. The van der Waals surface area contributed by atoms with E-state index in [1.807, 2.05) is 13.8 Å². The highest BCUT2D eigenvalue weighted by Gasteiger charge is 2.14. The molecule has 0 unspecified atom stereocenters. The highest BCUT2D eigenvalue weighted by Crippen LogP contribution is 2.29. The molecule has 0 radical (unpaired) electrons. The predicted molar refractivity (Wildman–Crippen MR) is 93.3 cm³/mol. The number of hydrogen-bond acceptors (Lipinski definition) is 3. The van der Waals surface area contributed by atoms with Crippen LogP contribution < -0.4 is 15.4 Å². The zero-order chi connectivity index (χ0) is 16.0. The van der Waals surface area contributed by atoms with Crippen molar-refractivity contribution in [1.82, 2.24) is 10.3 Å². The van der Waals surface area contributed by atoms with Crippen molar-refractivity contribution < 1.29 is 4.74 Å². The van der Waals surface area contributed by atoms with E-state index in [0.717, 1.165) is 47.8 Å². The normalized spacial score (nSPS) is 10.6.